The number of rotatable bonds is 2. The highest BCUT2D eigenvalue weighted by molar-refractivity contribution is 6.48. The number of ether oxygens (including phenoxy) is 1. The maximum Gasteiger partial charge on any atom is 0.326 e. The lowest BCUT2D eigenvalue weighted by molar-refractivity contribution is -0.157. The second kappa shape index (κ2) is 4.03. The molecule has 0 radical (unpaired) electrons. The minimum Gasteiger partial charge on any atom is -0.426 e. The number of hydrogen-bond donors (Lipinski definition) is 0. The molecule has 1 aromatic carbocycles. The summed E-state index contributed by atoms with van der Waals surface area (Å²) in [5.41, 5.74) is -2.82. The zero-order valence-corrected chi connectivity index (χ0v) is 12.4. The molecule has 0 saturated heterocycles. The van der Waals surface area contributed by atoms with E-state index >= 15 is 0 Å². The lowest BCUT2D eigenvalue weighted by Crippen LogP contribution is -2.47. The van der Waals surface area contributed by atoms with Crippen LogP contribution in [0.4, 0.5) is 0 Å². The first-order valence-electron chi connectivity index (χ1n) is 7.14. The van der Waals surface area contributed by atoms with Gasteiger partial charge in [-0.25, -0.2) is 0 Å². The lowest BCUT2D eigenvalue weighted by atomic mass is 9.65. The van der Waals surface area contributed by atoms with Gasteiger partial charge in [-0.3, -0.25) is 14.4 Å². The monoisotopic (exact) mass is 286 g/mol. The first-order valence-corrected chi connectivity index (χ1v) is 7.14. The van der Waals surface area contributed by atoms with Crippen LogP contribution in [0.15, 0.2) is 30.3 Å². The van der Waals surface area contributed by atoms with E-state index in [9.17, 15) is 14.4 Å². The van der Waals surface area contributed by atoms with Crippen molar-refractivity contribution in [3.8, 4) is 5.75 Å². The number of esters is 1. The Morgan fingerprint density at radius 3 is 2.14 bits per heavy atom. The molecule has 0 spiro atoms. The third-order valence-electron chi connectivity index (χ3n) is 5.84. The van der Waals surface area contributed by atoms with Crippen LogP contribution in [0.1, 0.15) is 33.6 Å². The van der Waals surface area contributed by atoms with E-state index < -0.39 is 33.8 Å². The molecule has 2 atom stereocenters. The van der Waals surface area contributed by atoms with Gasteiger partial charge in [-0.05, 0) is 25.0 Å². The summed E-state index contributed by atoms with van der Waals surface area (Å²) in [6, 6.07) is 8.65. The summed E-state index contributed by atoms with van der Waals surface area (Å²) in [7, 11) is 0. The number of ketones is 2. The molecular formula is C17H18O4. The molecule has 110 valence electrons. The van der Waals surface area contributed by atoms with E-state index in [2.05, 4.69) is 0 Å². The predicted octanol–water partition coefficient (Wildman–Crippen LogP) is 2.56. The molecule has 3 rings (SSSR count). The molecule has 0 amide bonds. The third kappa shape index (κ3) is 1.42. The Labute approximate surface area is 123 Å². The molecule has 2 unspecified atom stereocenters. The summed E-state index contributed by atoms with van der Waals surface area (Å²) in [6.45, 7) is 5.45. The number of Topliss-reactive ketones (excluding diaryl/α,β-unsaturated/α-hetero) is 2. The van der Waals surface area contributed by atoms with Gasteiger partial charge in [0.2, 0.25) is 11.6 Å². The van der Waals surface area contributed by atoms with Gasteiger partial charge >= 0.3 is 5.97 Å². The van der Waals surface area contributed by atoms with Crippen LogP contribution < -0.4 is 4.74 Å². The molecule has 2 aliphatic rings. The smallest absolute Gasteiger partial charge is 0.326 e. The maximum absolute atomic E-state index is 12.7. The maximum atomic E-state index is 12.7. The Balaban J connectivity index is 2.02. The molecule has 4 nitrogen and oxygen atoms in total. The highest BCUT2D eigenvalue weighted by Gasteiger charge is 2.78. The fourth-order valence-electron chi connectivity index (χ4n) is 3.91. The standard InChI is InChI=1S/C17H18O4/c1-15(2)16(3)9-10-17(15,13(19)12(16)18)14(20)21-11-7-5-4-6-8-11/h4-8H,9-10H2,1-3H3. The van der Waals surface area contributed by atoms with Gasteiger partial charge in [-0.1, -0.05) is 39.0 Å². The molecule has 2 saturated carbocycles. The molecule has 0 aliphatic heterocycles. The van der Waals surface area contributed by atoms with Crippen molar-refractivity contribution >= 4 is 17.5 Å². The molecule has 21 heavy (non-hydrogen) atoms. The largest absolute Gasteiger partial charge is 0.426 e. The van der Waals surface area contributed by atoms with E-state index in [0.29, 0.717) is 18.6 Å². The highest BCUT2D eigenvalue weighted by atomic mass is 16.5. The molecular weight excluding hydrogens is 268 g/mol. The van der Waals surface area contributed by atoms with E-state index in [1.54, 1.807) is 31.2 Å². The molecule has 0 aromatic heterocycles. The molecule has 2 fully saturated rings. The van der Waals surface area contributed by atoms with Gasteiger partial charge in [0, 0.05) is 10.8 Å². The number of carbonyl (C=O) groups is 3. The van der Waals surface area contributed by atoms with Crippen molar-refractivity contribution in [2.45, 2.75) is 33.6 Å². The van der Waals surface area contributed by atoms with E-state index in [0.717, 1.165) is 0 Å². The Bertz CT molecular complexity index is 646. The molecule has 4 heteroatoms. The Hall–Kier alpha value is -1.97. The van der Waals surface area contributed by atoms with E-state index in [1.807, 2.05) is 19.9 Å². The molecule has 1 aromatic rings. The summed E-state index contributed by atoms with van der Waals surface area (Å²) in [6.07, 6.45) is 0.932. The van der Waals surface area contributed by atoms with Crippen molar-refractivity contribution in [1.29, 1.82) is 0 Å². The van der Waals surface area contributed by atoms with Gasteiger partial charge in [0.15, 0.2) is 0 Å². The van der Waals surface area contributed by atoms with Crippen LogP contribution in [0.5, 0.6) is 5.75 Å². The first kappa shape index (κ1) is 14.0. The van der Waals surface area contributed by atoms with Gasteiger partial charge in [0.25, 0.3) is 0 Å². The normalized spacial score (nSPS) is 33.3. The summed E-state index contributed by atoms with van der Waals surface area (Å²) in [5, 5.41) is 0. The fraction of sp³-hybridized carbons (Fsp3) is 0.471. The van der Waals surface area contributed by atoms with E-state index in [1.165, 1.54) is 0 Å². The SMILES string of the molecule is CC12CCC(C(=O)Oc3ccccc3)(C(=O)C1=O)C2(C)C. The molecule has 2 bridgehead atoms. The Morgan fingerprint density at radius 2 is 1.62 bits per heavy atom. The van der Waals surface area contributed by atoms with Crippen molar-refractivity contribution in [3.05, 3.63) is 30.3 Å². The van der Waals surface area contributed by atoms with Crippen molar-refractivity contribution in [3.63, 3.8) is 0 Å². The quantitative estimate of drug-likeness (QED) is 0.363. The number of para-hydroxylation sites is 1. The van der Waals surface area contributed by atoms with Crippen LogP contribution in [-0.4, -0.2) is 17.5 Å². The average Bonchev–Trinajstić information content (AvgIpc) is 2.72. The van der Waals surface area contributed by atoms with Crippen LogP contribution >= 0.6 is 0 Å². The first-order chi connectivity index (χ1) is 9.77. The van der Waals surface area contributed by atoms with Gasteiger partial charge in [-0.2, -0.15) is 0 Å². The lowest BCUT2D eigenvalue weighted by Gasteiger charge is -2.36. The summed E-state index contributed by atoms with van der Waals surface area (Å²) in [4.78, 5) is 37.5. The second-order valence-corrected chi connectivity index (χ2v) is 6.72. The van der Waals surface area contributed by atoms with Crippen molar-refractivity contribution in [2.24, 2.45) is 16.2 Å². The van der Waals surface area contributed by atoms with Crippen LogP contribution in [0.25, 0.3) is 0 Å². The highest BCUT2D eigenvalue weighted by Crippen LogP contribution is 2.69. The number of hydrogen-bond acceptors (Lipinski definition) is 4. The van der Waals surface area contributed by atoms with Gasteiger partial charge in [0.05, 0.1) is 0 Å². The van der Waals surface area contributed by atoms with Crippen molar-refractivity contribution < 1.29 is 19.1 Å². The van der Waals surface area contributed by atoms with E-state index in [4.69, 9.17) is 4.74 Å². The number of fused-ring (bicyclic) bond motifs is 2. The zero-order valence-electron chi connectivity index (χ0n) is 12.4. The molecule has 0 N–H and O–H groups in total. The summed E-state index contributed by atoms with van der Waals surface area (Å²) < 4.78 is 5.41. The fourth-order valence-corrected chi connectivity index (χ4v) is 3.91. The van der Waals surface area contributed by atoms with Gasteiger partial charge in [-0.15, -0.1) is 0 Å². The van der Waals surface area contributed by atoms with Gasteiger partial charge < -0.3 is 4.74 Å². The topological polar surface area (TPSA) is 60.4 Å². The van der Waals surface area contributed by atoms with Crippen molar-refractivity contribution in [1.82, 2.24) is 0 Å². The zero-order chi connectivity index (χ0) is 15.5. The third-order valence-corrected chi connectivity index (χ3v) is 5.84. The van der Waals surface area contributed by atoms with Crippen LogP contribution in [-0.2, 0) is 14.4 Å². The number of benzene rings is 1. The van der Waals surface area contributed by atoms with E-state index in [-0.39, 0.29) is 0 Å². The minimum atomic E-state index is -1.34. The van der Waals surface area contributed by atoms with Crippen LogP contribution in [0.2, 0.25) is 0 Å². The second-order valence-electron chi connectivity index (χ2n) is 6.72. The van der Waals surface area contributed by atoms with Gasteiger partial charge in [0.1, 0.15) is 11.2 Å². The minimum absolute atomic E-state index is 0.382. The average molecular weight is 286 g/mol. The van der Waals surface area contributed by atoms with Crippen LogP contribution in [0, 0.1) is 16.2 Å². The predicted molar refractivity (Wildman–Crippen MR) is 75.6 cm³/mol. The Morgan fingerprint density at radius 1 is 1.00 bits per heavy atom. The summed E-state index contributed by atoms with van der Waals surface area (Å²) >= 11 is 0. The number of carbonyl (C=O) groups excluding carboxylic acids is 3. The van der Waals surface area contributed by atoms with Crippen molar-refractivity contribution in [2.75, 3.05) is 0 Å². The van der Waals surface area contributed by atoms with Crippen LogP contribution in [0.3, 0.4) is 0 Å². The summed E-state index contributed by atoms with van der Waals surface area (Å²) in [5.74, 6) is -1.21. The molecule has 0 heterocycles. The molecule has 2 aliphatic carbocycles. The Kier molecular flexibility index (Phi) is 2.68.